The normalized spacial score (nSPS) is 11.7. The lowest BCUT2D eigenvalue weighted by molar-refractivity contribution is -0.870. The molecule has 0 aliphatic carbocycles. The molecule has 1 unspecified atom stereocenters. The summed E-state index contributed by atoms with van der Waals surface area (Å²) in [4.78, 5) is 13.5. The van der Waals surface area contributed by atoms with E-state index >= 15 is 0 Å². The lowest BCUT2D eigenvalue weighted by Gasteiger charge is -2.16. The molecular formula is C21H29N2O3+. The first-order valence-corrected chi connectivity index (χ1v) is 8.83. The summed E-state index contributed by atoms with van der Waals surface area (Å²) < 4.78 is 10.6. The fraction of sp³-hybridized carbons (Fsp3) is 0.381. The van der Waals surface area contributed by atoms with E-state index in [4.69, 9.17) is 9.47 Å². The van der Waals surface area contributed by atoms with E-state index in [1.54, 1.807) is 14.2 Å². The highest BCUT2D eigenvalue weighted by atomic mass is 16.5. The third-order valence-electron chi connectivity index (χ3n) is 4.63. The average molecular weight is 357 g/mol. The van der Waals surface area contributed by atoms with Crippen LogP contribution in [0, 0.1) is 13.8 Å². The van der Waals surface area contributed by atoms with Crippen molar-refractivity contribution in [1.82, 2.24) is 0 Å². The molecule has 2 N–H and O–H groups in total. The van der Waals surface area contributed by atoms with Crippen molar-refractivity contribution in [3.05, 3.63) is 53.1 Å². The zero-order valence-corrected chi connectivity index (χ0v) is 16.3. The molecule has 0 spiro atoms. The van der Waals surface area contributed by atoms with Crippen LogP contribution < -0.4 is 19.7 Å². The fourth-order valence-electron chi connectivity index (χ4n) is 2.84. The van der Waals surface area contributed by atoms with Gasteiger partial charge in [0, 0.05) is 12.1 Å². The molecule has 1 atom stereocenters. The van der Waals surface area contributed by atoms with Gasteiger partial charge in [-0.2, -0.15) is 0 Å². The van der Waals surface area contributed by atoms with Crippen LogP contribution in [0.25, 0.3) is 0 Å². The summed E-state index contributed by atoms with van der Waals surface area (Å²) in [5.41, 5.74) is 4.35. The summed E-state index contributed by atoms with van der Waals surface area (Å²) in [5, 5.41) is 3.02. The molecule has 5 nitrogen and oxygen atoms in total. The number of anilines is 1. The summed E-state index contributed by atoms with van der Waals surface area (Å²) in [6.07, 6.45) is 0.864. The summed E-state index contributed by atoms with van der Waals surface area (Å²) >= 11 is 0. The number of hydrogen-bond acceptors (Lipinski definition) is 3. The molecular weight excluding hydrogens is 328 g/mol. The second-order valence-electron chi connectivity index (χ2n) is 6.62. The van der Waals surface area contributed by atoms with Crippen LogP contribution in [0.3, 0.4) is 0 Å². The van der Waals surface area contributed by atoms with Crippen molar-refractivity contribution >= 4 is 11.6 Å². The molecule has 2 rings (SSSR count). The number of carbonyl (C=O) groups is 1. The van der Waals surface area contributed by atoms with Crippen LogP contribution >= 0.6 is 0 Å². The van der Waals surface area contributed by atoms with Gasteiger partial charge in [0.25, 0.3) is 5.91 Å². The van der Waals surface area contributed by atoms with Crippen molar-refractivity contribution in [2.45, 2.75) is 20.3 Å². The number of hydrogen-bond donors (Lipinski definition) is 2. The molecule has 0 fully saturated rings. The second-order valence-corrected chi connectivity index (χ2v) is 6.62. The number of likely N-dealkylation sites (N-methyl/N-ethyl adjacent to an activating group) is 1. The third-order valence-corrected chi connectivity index (χ3v) is 4.63. The van der Waals surface area contributed by atoms with E-state index < -0.39 is 0 Å². The van der Waals surface area contributed by atoms with Gasteiger partial charge >= 0.3 is 0 Å². The Hall–Kier alpha value is -2.53. The Morgan fingerprint density at radius 3 is 2.50 bits per heavy atom. The highest BCUT2D eigenvalue weighted by Crippen LogP contribution is 2.27. The third kappa shape index (κ3) is 5.23. The first kappa shape index (κ1) is 19.8. The number of carbonyl (C=O) groups excluding carboxylic acids is 1. The summed E-state index contributed by atoms with van der Waals surface area (Å²) in [5.74, 6) is 1.49. The van der Waals surface area contributed by atoms with Gasteiger partial charge in [0.1, 0.15) is 0 Å². The molecule has 140 valence electrons. The van der Waals surface area contributed by atoms with Gasteiger partial charge in [-0.1, -0.05) is 18.2 Å². The van der Waals surface area contributed by atoms with Crippen LogP contribution in [-0.4, -0.2) is 40.3 Å². The highest BCUT2D eigenvalue weighted by Gasteiger charge is 2.12. The van der Waals surface area contributed by atoms with Crippen molar-refractivity contribution in [1.29, 1.82) is 0 Å². The molecule has 5 heteroatoms. The molecule has 2 aromatic carbocycles. The number of benzene rings is 2. The molecule has 0 saturated heterocycles. The zero-order valence-electron chi connectivity index (χ0n) is 16.3. The van der Waals surface area contributed by atoms with Gasteiger partial charge in [-0.05, 0) is 48.7 Å². The van der Waals surface area contributed by atoms with Crippen LogP contribution in [-0.2, 0) is 11.2 Å². The summed E-state index contributed by atoms with van der Waals surface area (Å²) in [6, 6.07) is 11.9. The molecule has 0 aliphatic rings. The minimum absolute atomic E-state index is 0.0310. The van der Waals surface area contributed by atoms with E-state index in [0.29, 0.717) is 6.54 Å². The molecule has 0 radical (unpaired) electrons. The smallest absolute Gasteiger partial charge is 0.279 e. The Morgan fingerprint density at radius 2 is 1.81 bits per heavy atom. The van der Waals surface area contributed by atoms with E-state index in [2.05, 4.69) is 5.32 Å². The lowest BCUT2D eigenvalue weighted by Crippen LogP contribution is -3.10. The topological polar surface area (TPSA) is 52.0 Å². The van der Waals surface area contributed by atoms with E-state index in [0.717, 1.165) is 46.2 Å². The molecule has 26 heavy (non-hydrogen) atoms. The Kier molecular flexibility index (Phi) is 7.04. The minimum atomic E-state index is 0.0310. The second kappa shape index (κ2) is 9.25. The van der Waals surface area contributed by atoms with Gasteiger partial charge in [-0.3, -0.25) is 4.79 Å². The maximum Gasteiger partial charge on any atom is 0.279 e. The Bertz CT molecular complexity index is 759. The van der Waals surface area contributed by atoms with Crippen LogP contribution in [0.5, 0.6) is 11.5 Å². The largest absolute Gasteiger partial charge is 0.493 e. The molecule has 0 heterocycles. The molecule has 0 bridgehead atoms. The SMILES string of the molecule is COc1ccc(CC[NH+](C)CC(=O)Nc2cccc(C)c2C)cc1OC. The number of methoxy groups -OCH3 is 2. The number of ether oxygens (including phenoxy) is 2. The standard InChI is InChI=1S/C21H28N2O3/c1-15-7-6-8-18(16(15)2)22-21(24)14-23(3)12-11-17-9-10-19(25-4)20(13-17)26-5/h6-10,13H,11-12,14H2,1-5H3,(H,22,24)/p+1. The molecule has 0 aromatic heterocycles. The predicted molar refractivity (Wildman–Crippen MR) is 104 cm³/mol. The Morgan fingerprint density at radius 1 is 1.08 bits per heavy atom. The first-order valence-electron chi connectivity index (χ1n) is 8.83. The van der Waals surface area contributed by atoms with Gasteiger partial charge < -0.3 is 19.7 Å². The fourth-order valence-corrected chi connectivity index (χ4v) is 2.84. The molecule has 1 amide bonds. The van der Waals surface area contributed by atoms with Gasteiger partial charge in [-0.15, -0.1) is 0 Å². The number of rotatable bonds is 8. The number of nitrogens with one attached hydrogen (secondary N) is 2. The number of aryl methyl sites for hydroxylation is 1. The van der Waals surface area contributed by atoms with Crippen molar-refractivity contribution < 1.29 is 19.2 Å². The lowest BCUT2D eigenvalue weighted by atomic mass is 10.1. The van der Waals surface area contributed by atoms with Crippen molar-refractivity contribution in [2.24, 2.45) is 0 Å². The van der Waals surface area contributed by atoms with Gasteiger partial charge in [0.2, 0.25) is 0 Å². The van der Waals surface area contributed by atoms with Gasteiger partial charge in [0.15, 0.2) is 18.0 Å². The van der Waals surface area contributed by atoms with Gasteiger partial charge in [-0.25, -0.2) is 0 Å². The van der Waals surface area contributed by atoms with Crippen LogP contribution in [0.1, 0.15) is 16.7 Å². The van der Waals surface area contributed by atoms with Crippen LogP contribution in [0.15, 0.2) is 36.4 Å². The number of amides is 1. The van der Waals surface area contributed by atoms with Crippen molar-refractivity contribution in [3.8, 4) is 11.5 Å². The predicted octanol–water partition coefficient (Wildman–Crippen LogP) is 2.02. The summed E-state index contributed by atoms with van der Waals surface area (Å²) in [7, 11) is 5.30. The minimum Gasteiger partial charge on any atom is -0.493 e. The maximum atomic E-state index is 12.3. The average Bonchev–Trinajstić information content (AvgIpc) is 2.63. The Labute approximate surface area is 155 Å². The maximum absolute atomic E-state index is 12.3. The molecule has 0 saturated carbocycles. The molecule has 0 aliphatic heterocycles. The molecule has 2 aromatic rings. The van der Waals surface area contributed by atoms with Crippen molar-refractivity contribution in [3.63, 3.8) is 0 Å². The zero-order chi connectivity index (χ0) is 19.1. The number of quaternary nitrogens is 1. The van der Waals surface area contributed by atoms with E-state index in [9.17, 15) is 4.79 Å². The highest BCUT2D eigenvalue weighted by molar-refractivity contribution is 5.92. The van der Waals surface area contributed by atoms with E-state index in [1.165, 1.54) is 5.56 Å². The quantitative estimate of drug-likeness (QED) is 0.760. The van der Waals surface area contributed by atoms with Gasteiger partial charge in [0.05, 0.1) is 27.8 Å². The van der Waals surface area contributed by atoms with Crippen LogP contribution in [0.2, 0.25) is 0 Å². The summed E-state index contributed by atoms with van der Waals surface area (Å²) in [6.45, 7) is 5.36. The monoisotopic (exact) mass is 357 g/mol. The van der Waals surface area contributed by atoms with E-state index in [1.807, 2.05) is 57.3 Å². The van der Waals surface area contributed by atoms with Crippen LogP contribution in [0.4, 0.5) is 5.69 Å². The first-order chi connectivity index (χ1) is 12.4. The van der Waals surface area contributed by atoms with Crippen molar-refractivity contribution in [2.75, 3.05) is 39.7 Å². The Balaban J connectivity index is 1.87. The van der Waals surface area contributed by atoms with E-state index in [-0.39, 0.29) is 5.91 Å².